The first kappa shape index (κ1) is 33.9. The molecule has 0 saturated heterocycles. The van der Waals surface area contributed by atoms with Crippen molar-refractivity contribution in [2.24, 2.45) is 0 Å². The van der Waals surface area contributed by atoms with Crippen molar-refractivity contribution in [2.75, 3.05) is 9.80 Å². The molecule has 0 aliphatic rings. The van der Waals surface area contributed by atoms with E-state index >= 15 is 0 Å². The Morgan fingerprint density at radius 2 is 0.436 bits per heavy atom. The third-order valence-electron chi connectivity index (χ3n) is 9.92. The molecule has 9 aromatic rings. The first-order chi connectivity index (χ1) is 27.3. The summed E-state index contributed by atoms with van der Waals surface area (Å²) >= 11 is 1.83. The Morgan fingerprint density at radius 1 is 0.200 bits per heavy atom. The Morgan fingerprint density at radius 3 is 0.800 bits per heavy atom. The number of benzene rings is 8. The molecule has 8 aromatic carbocycles. The normalized spacial score (nSPS) is 10.9. The summed E-state index contributed by atoms with van der Waals surface area (Å²) in [4.78, 5) is 7.19. The van der Waals surface area contributed by atoms with Crippen LogP contribution in [0.15, 0.2) is 231 Å². The van der Waals surface area contributed by atoms with Crippen LogP contribution in [-0.4, -0.2) is 0 Å². The van der Waals surface area contributed by atoms with Gasteiger partial charge in [0, 0.05) is 43.9 Å². The first-order valence-corrected chi connectivity index (χ1v) is 19.4. The minimum absolute atomic E-state index is 1.08. The summed E-state index contributed by atoms with van der Waals surface area (Å²) in [5, 5.41) is 0. The van der Waals surface area contributed by atoms with Crippen LogP contribution in [0.3, 0.4) is 0 Å². The van der Waals surface area contributed by atoms with Gasteiger partial charge in [-0.05, 0) is 118 Å². The van der Waals surface area contributed by atoms with Gasteiger partial charge >= 0.3 is 0 Å². The van der Waals surface area contributed by atoms with Gasteiger partial charge in [0.05, 0.1) is 0 Å². The van der Waals surface area contributed by atoms with Gasteiger partial charge in [-0.3, -0.25) is 0 Å². The summed E-state index contributed by atoms with van der Waals surface area (Å²) < 4.78 is 0. The average molecular weight is 723 g/mol. The predicted molar refractivity (Wildman–Crippen MR) is 235 cm³/mol. The van der Waals surface area contributed by atoms with Crippen molar-refractivity contribution in [3.8, 4) is 43.1 Å². The topological polar surface area (TPSA) is 6.48 Å². The van der Waals surface area contributed by atoms with Gasteiger partial charge in [-0.25, -0.2) is 0 Å². The largest absolute Gasteiger partial charge is 0.311 e. The van der Waals surface area contributed by atoms with Gasteiger partial charge in [-0.15, -0.1) is 11.3 Å². The van der Waals surface area contributed by atoms with Gasteiger partial charge in [0.1, 0.15) is 0 Å². The molecule has 9 rings (SSSR count). The lowest BCUT2D eigenvalue weighted by molar-refractivity contribution is 1.26. The van der Waals surface area contributed by atoms with Crippen LogP contribution >= 0.6 is 11.3 Å². The lowest BCUT2D eigenvalue weighted by atomic mass is 10.0. The van der Waals surface area contributed by atoms with E-state index in [4.69, 9.17) is 0 Å². The molecule has 0 aliphatic heterocycles. The van der Waals surface area contributed by atoms with Crippen LogP contribution in [0.1, 0.15) is 0 Å². The Kier molecular flexibility index (Phi) is 9.59. The summed E-state index contributed by atoms with van der Waals surface area (Å²) in [5.41, 5.74) is 13.8. The highest BCUT2D eigenvalue weighted by Crippen LogP contribution is 2.41. The minimum atomic E-state index is 1.08. The quantitative estimate of drug-likeness (QED) is 0.139. The number of rotatable bonds is 10. The van der Waals surface area contributed by atoms with Gasteiger partial charge < -0.3 is 9.80 Å². The van der Waals surface area contributed by atoms with Crippen LogP contribution < -0.4 is 9.80 Å². The molecular weight excluding hydrogens is 685 g/mol. The number of thiophene rings is 1. The van der Waals surface area contributed by atoms with E-state index < -0.39 is 0 Å². The van der Waals surface area contributed by atoms with Crippen molar-refractivity contribution in [3.63, 3.8) is 0 Å². The maximum Gasteiger partial charge on any atom is 0.0463 e. The third-order valence-corrected chi connectivity index (χ3v) is 11.1. The van der Waals surface area contributed by atoms with Gasteiger partial charge in [0.15, 0.2) is 0 Å². The summed E-state index contributed by atoms with van der Waals surface area (Å²) in [6.07, 6.45) is 0. The second-order valence-electron chi connectivity index (χ2n) is 13.4. The van der Waals surface area contributed by atoms with E-state index in [0.29, 0.717) is 0 Å². The standard InChI is InChI=1S/C52H38N2S/c1-5-13-39(14-6-1)41-21-27-46(28-22-41)54(47-29-23-42(24-30-47)40-15-7-2-8-16-40)50-35-33-49(34-36-50)53(45-19-11-4-12-20-45)48-31-25-44(26-32-48)52-38-37-51(55-52)43-17-9-3-10-18-43/h1-38H. The highest BCUT2D eigenvalue weighted by molar-refractivity contribution is 7.18. The summed E-state index contributed by atoms with van der Waals surface area (Å²) in [5.74, 6) is 0. The second-order valence-corrected chi connectivity index (χ2v) is 14.5. The van der Waals surface area contributed by atoms with Crippen molar-refractivity contribution in [1.82, 2.24) is 0 Å². The highest BCUT2D eigenvalue weighted by Gasteiger charge is 2.17. The van der Waals surface area contributed by atoms with Crippen LogP contribution in [0.4, 0.5) is 34.1 Å². The van der Waals surface area contributed by atoms with E-state index in [2.05, 4.69) is 240 Å². The molecule has 0 unspecified atom stereocenters. The monoisotopic (exact) mass is 722 g/mol. The fourth-order valence-electron chi connectivity index (χ4n) is 7.11. The fraction of sp³-hybridized carbons (Fsp3) is 0. The number of hydrogen-bond donors (Lipinski definition) is 0. The van der Waals surface area contributed by atoms with E-state index in [0.717, 1.165) is 34.1 Å². The molecule has 1 heterocycles. The third kappa shape index (κ3) is 7.34. The van der Waals surface area contributed by atoms with Crippen molar-refractivity contribution in [2.45, 2.75) is 0 Å². The molecule has 0 saturated carbocycles. The highest BCUT2D eigenvalue weighted by atomic mass is 32.1. The van der Waals surface area contributed by atoms with E-state index in [-0.39, 0.29) is 0 Å². The van der Waals surface area contributed by atoms with E-state index in [1.165, 1.54) is 43.1 Å². The van der Waals surface area contributed by atoms with Gasteiger partial charge in [0.25, 0.3) is 0 Å². The average Bonchev–Trinajstić information content (AvgIpc) is 3.77. The van der Waals surface area contributed by atoms with Crippen LogP contribution in [-0.2, 0) is 0 Å². The van der Waals surface area contributed by atoms with Crippen molar-refractivity contribution in [3.05, 3.63) is 231 Å². The molecule has 262 valence electrons. The zero-order chi connectivity index (χ0) is 36.8. The second kappa shape index (κ2) is 15.6. The van der Waals surface area contributed by atoms with Crippen molar-refractivity contribution in [1.29, 1.82) is 0 Å². The summed E-state index contributed by atoms with van der Waals surface area (Å²) in [7, 11) is 0. The molecule has 1 aromatic heterocycles. The number of nitrogens with zero attached hydrogens (tertiary/aromatic N) is 2. The van der Waals surface area contributed by atoms with Crippen LogP contribution in [0.2, 0.25) is 0 Å². The summed E-state index contributed by atoms with van der Waals surface area (Å²) in [6, 6.07) is 82.3. The Balaban J connectivity index is 1.05. The lowest BCUT2D eigenvalue weighted by Gasteiger charge is -2.28. The van der Waals surface area contributed by atoms with E-state index in [1.54, 1.807) is 0 Å². The lowest BCUT2D eigenvalue weighted by Crippen LogP contribution is -2.12. The fourth-order valence-corrected chi connectivity index (χ4v) is 8.13. The van der Waals surface area contributed by atoms with E-state index in [9.17, 15) is 0 Å². The zero-order valence-corrected chi connectivity index (χ0v) is 31.1. The Bertz CT molecular complexity index is 2500. The molecular formula is C52H38N2S. The summed E-state index contributed by atoms with van der Waals surface area (Å²) in [6.45, 7) is 0. The van der Waals surface area contributed by atoms with Crippen LogP contribution in [0.25, 0.3) is 43.1 Å². The molecule has 0 N–H and O–H groups in total. The van der Waals surface area contributed by atoms with Gasteiger partial charge in [-0.1, -0.05) is 146 Å². The van der Waals surface area contributed by atoms with Gasteiger partial charge in [-0.2, -0.15) is 0 Å². The maximum atomic E-state index is 2.33. The van der Waals surface area contributed by atoms with Crippen molar-refractivity contribution < 1.29 is 0 Å². The molecule has 0 spiro atoms. The number of anilines is 6. The molecule has 0 atom stereocenters. The van der Waals surface area contributed by atoms with E-state index in [1.807, 2.05) is 11.3 Å². The SMILES string of the molecule is c1ccc(-c2ccc(N(c3ccc(-c4ccccc4)cc3)c3ccc(N(c4ccccc4)c4ccc(-c5ccc(-c6ccccc6)s5)cc4)cc3)cc2)cc1. The maximum absolute atomic E-state index is 2.33. The zero-order valence-electron chi connectivity index (χ0n) is 30.2. The Hall–Kier alpha value is -6.94. The number of para-hydroxylation sites is 1. The predicted octanol–water partition coefficient (Wildman–Crippen LogP) is 15.4. The van der Waals surface area contributed by atoms with Crippen LogP contribution in [0, 0.1) is 0 Å². The molecule has 0 radical (unpaired) electrons. The minimum Gasteiger partial charge on any atom is -0.311 e. The van der Waals surface area contributed by atoms with Crippen LogP contribution in [0.5, 0.6) is 0 Å². The van der Waals surface area contributed by atoms with Crippen molar-refractivity contribution >= 4 is 45.5 Å². The number of hydrogen-bond acceptors (Lipinski definition) is 3. The molecule has 3 heteroatoms. The molecule has 0 aliphatic carbocycles. The first-order valence-electron chi connectivity index (χ1n) is 18.6. The molecule has 0 fully saturated rings. The molecule has 0 bridgehead atoms. The smallest absolute Gasteiger partial charge is 0.0463 e. The van der Waals surface area contributed by atoms with Gasteiger partial charge in [0.2, 0.25) is 0 Å². The molecule has 2 nitrogen and oxygen atoms in total. The molecule has 0 amide bonds. The Labute approximate surface area is 327 Å². The molecule has 55 heavy (non-hydrogen) atoms.